The van der Waals surface area contributed by atoms with E-state index in [1.165, 1.54) is 12.2 Å². The molecule has 7 nitrogen and oxygen atoms in total. The molecule has 0 rings (SSSR count). The monoisotopic (exact) mass is 292 g/mol. The average molecular weight is 292 g/mol. The Kier molecular flexibility index (Phi) is 7.69. The lowest BCUT2D eigenvalue weighted by molar-refractivity contribution is -0.153. The molecular weight excluding hydrogens is 276 g/mol. The van der Waals surface area contributed by atoms with E-state index < -0.39 is 40.1 Å². The number of carbonyl (C=O) groups is 2. The Morgan fingerprint density at radius 2 is 1.68 bits per heavy atom. The molecule has 108 valence electrons. The Balaban J connectivity index is 4.66. The molecule has 1 N–H and O–H groups in total. The summed E-state index contributed by atoms with van der Waals surface area (Å²) in [5.74, 6) is -3.95. The summed E-state index contributed by atoms with van der Waals surface area (Å²) in [4.78, 5) is 22.8. The van der Waals surface area contributed by atoms with Gasteiger partial charge < -0.3 is 9.47 Å². The van der Waals surface area contributed by atoms with Crippen molar-refractivity contribution in [1.29, 1.82) is 0 Å². The van der Waals surface area contributed by atoms with E-state index in [-0.39, 0.29) is 13.2 Å². The van der Waals surface area contributed by atoms with Crippen LogP contribution in [0.3, 0.4) is 0 Å². The molecule has 0 aromatic rings. The molecule has 0 bridgehead atoms. The fourth-order valence-electron chi connectivity index (χ4n) is 1.14. The molecule has 0 aliphatic carbocycles. The predicted molar refractivity (Wildman–Crippen MR) is 66.8 cm³/mol. The summed E-state index contributed by atoms with van der Waals surface area (Å²) in [7, 11) is -4.41. The van der Waals surface area contributed by atoms with Gasteiger partial charge >= 0.3 is 11.9 Å². The Morgan fingerprint density at radius 3 is 2.16 bits per heavy atom. The maximum Gasteiger partial charge on any atom is 0.310 e. The van der Waals surface area contributed by atoms with Crippen LogP contribution in [0, 0.1) is 5.92 Å². The van der Waals surface area contributed by atoms with Crippen molar-refractivity contribution in [2.75, 3.05) is 19.0 Å². The molecule has 0 aromatic carbocycles. The van der Waals surface area contributed by atoms with E-state index >= 15 is 0 Å². The molecule has 0 aromatic heterocycles. The quantitative estimate of drug-likeness (QED) is 0.371. The largest absolute Gasteiger partial charge is 0.461 e. The van der Waals surface area contributed by atoms with E-state index in [2.05, 4.69) is 22.6 Å². The first-order valence-corrected chi connectivity index (χ1v) is 6.90. The maximum atomic E-state index is 11.5. The van der Waals surface area contributed by atoms with Crippen LogP contribution in [0.2, 0.25) is 0 Å². The van der Waals surface area contributed by atoms with Crippen molar-refractivity contribution in [1.82, 2.24) is 0 Å². The number of hydrogen-bond donors (Lipinski definition) is 1. The molecule has 0 fully saturated rings. The Labute approximate surface area is 111 Å². The molecule has 0 spiro atoms. The van der Waals surface area contributed by atoms with E-state index in [1.807, 2.05) is 0 Å². The number of carbonyl (C=O) groups excluding carboxylic acids is 2. The highest BCUT2D eigenvalue weighted by atomic mass is 32.2. The third kappa shape index (κ3) is 8.97. The second kappa shape index (κ2) is 8.44. The zero-order valence-electron chi connectivity index (χ0n) is 10.3. The minimum atomic E-state index is -4.41. The zero-order chi connectivity index (χ0) is 14.9. The fourth-order valence-corrected chi connectivity index (χ4v) is 1.90. The highest BCUT2D eigenvalue weighted by Crippen LogP contribution is 2.10. The molecule has 0 radical (unpaired) electrons. The van der Waals surface area contributed by atoms with Crippen LogP contribution in [-0.4, -0.2) is 43.9 Å². The highest BCUT2D eigenvalue weighted by molar-refractivity contribution is 7.85. The summed E-state index contributed by atoms with van der Waals surface area (Å²) in [6.45, 7) is 6.47. The molecule has 1 unspecified atom stereocenters. The van der Waals surface area contributed by atoms with Gasteiger partial charge in [0.05, 0.1) is 18.1 Å². The van der Waals surface area contributed by atoms with Gasteiger partial charge in [0, 0.05) is 0 Å². The summed E-state index contributed by atoms with van der Waals surface area (Å²) in [6, 6.07) is 0. The van der Waals surface area contributed by atoms with Crippen molar-refractivity contribution in [3.63, 3.8) is 0 Å². The van der Waals surface area contributed by atoms with Crippen LogP contribution in [0.4, 0.5) is 0 Å². The summed E-state index contributed by atoms with van der Waals surface area (Å²) in [6.07, 6.45) is 2.10. The lowest BCUT2D eigenvalue weighted by Gasteiger charge is -2.13. The molecule has 0 aliphatic heterocycles. The summed E-state index contributed by atoms with van der Waals surface area (Å²) in [5, 5.41) is 0. The van der Waals surface area contributed by atoms with E-state index in [0.29, 0.717) is 0 Å². The highest BCUT2D eigenvalue weighted by Gasteiger charge is 2.28. The Hall–Kier alpha value is -1.67. The maximum absolute atomic E-state index is 11.5. The minimum Gasteiger partial charge on any atom is -0.461 e. The van der Waals surface area contributed by atoms with Gasteiger partial charge in [-0.3, -0.25) is 14.1 Å². The van der Waals surface area contributed by atoms with E-state index in [9.17, 15) is 18.0 Å². The SMILES string of the molecule is C=CCOC(=O)CC(CS(=O)(=O)O)C(=O)OCC=C. The molecule has 1 atom stereocenters. The van der Waals surface area contributed by atoms with Crippen molar-refractivity contribution >= 4 is 22.1 Å². The molecular formula is C11H16O7S. The molecule has 0 saturated heterocycles. The predicted octanol–water partition coefficient (Wildman–Crippen LogP) is 0.339. The van der Waals surface area contributed by atoms with Crippen molar-refractivity contribution in [3.05, 3.63) is 25.3 Å². The van der Waals surface area contributed by atoms with Crippen LogP contribution in [0.1, 0.15) is 6.42 Å². The van der Waals surface area contributed by atoms with Crippen molar-refractivity contribution < 1.29 is 32.0 Å². The zero-order valence-corrected chi connectivity index (χ0v) is 11.1. The van der Waals surface area contributed by atoms with Gasteiger partial charge in [-0.2, -0.15) is 8.42 Å². The fraction of sp³-hybridized carbons (Fsp3) is 0.455. The number of rotatable bonds is 9. The van der Waals surface area contributed by atoms with E-state index in [0.717, 1.165) is 0 Å². The number of esters is 2. The molecule has 19 heavy (non-hydrogen) atoms. The summed E-state index contributed by atoms with van der Waals surface area (Å²) >= 11 is 0. The topological polar surface area (TPSA) is 107 Å². The van der Waals surface area contributed by atoms with Gasteiger partial charge in [0.25, 0.3) is 10.1 Å². The second-order valence-electron chi connectivity index (χ2n) is 3.54. The third-order valence-corrected chi connectivity index (χ3v) is 2.69. The summed E-state index contributed by atoms with van der Waals surface area (Å²) < 4.78 is 39.6. The van der Waals surface area contributed by atoms with Crippen molar-refractivity contribution in [2.24, 2.45) is 5.92 Å². The Bertz CT molecular complexity index is 438. The smallest absolute Gasteiger partial charge is 0.310 e. The minimum absolute atomic E-state index is 0.0564. The van der Waals surface area contributed by atoms with Crippen LogP contribution in [-0.2, 0) is 29.2 Å². The van der Waals surface area contributed by atoms with Crippen molar-refractivity contribution in [3.8, 4) is 0 Å². The van der Waals surface area contributed by atoms with Crippen LogP contribution in [0.25, 0.3) is 0 Å². The molecule has 8 heteroatoms. The van der Waals surface area contributed by atoms with Gasteiger partial charge in [0.15, 0.2) is 0 Å². The standard InChI is InChI=1S/C11H16O7S/c1-3-5-17-10(12)7-9(8-19(14,15)16)11(13)18-6-4-2/h3-4,9H,1-2,5-8H2,(H,14,15,16). The third-order valence-electron chi connectivity index (χ3n) is 1.86. The molecule has 0 amide bonds. The first-order valence-electron chi connectivity index (χ1n) is 5.29. The number of hydrogen-bond acceptors (Lipinski definition) is 6. The lowest BCUT2D eigenvalue weighted by atomic mass is 10.1. The van der Waals surface area contributed by atoms with Crippen LogP contribution < -0.4 is 0 Å². The van der Waals surface area contributed by atoms with Gasteiger partial charge in [-0.15, -0.1) is 0 Å². The van der Waals surface area contributed by atoms with Gasteiger partial charge in [-0.25, -0.2) is 0 Å². The lowest BCUT2D eigenvalue weighted by Crippen LogP contribution is -2.28. The molecule has 0 heterocycles. The van der Waals surface area contributed by atoms with Gasteiger partial charge in [-0.05, 0) is 0 Å². The van der Waals surface area contributed by atoms with Gasteiger partial charge in [0.2, 0.25) is 0 Å². The molecule has 0 saturated carbocycles. The normalized spacial score (nSPS) is 12.3. The average Bonchev–Trinajstić information content (AvgIpc) is 2.30. The first-order chi connectivity index (χ1) is 8.80. The Morgan fingerprint density at radius 1 is 1.16 bits per heavy atom. The van der Waals surface area contributed by atoms with Crippen LogP contribution in [0.5, 0.6) is 0 Å². The van der Waals surface area contributed by atoms with Crippen LogP contribution >= 0.6 is 0 Å². The van der Waals surface area contributed by atoms with Gasteiger partial charge in [0.1, 0.15) is 13.2 Å². The van der Waals surface area contributed by atoms with Gasteiger partial charge in [-0.1, -0.05) is 25.3 Å². The number of ether oxygens (including phenoxy) is 2. The van der Waals surface area contributed by atoms with E-state index in [4.69, 9.17) is 4.55 Å². The van der Waals surface area contributed by atoms with Crippen molar-refractivity contribution in [2.45, 2.75) is 6.42 Å². The molecule has 0 aliphatic rings. The van der Waals surface area contributed by atoms with E-state index in [1.54, 1.807) is 0 Å². The summed E-state index contributed by atoms with van der Waals surface area (Å²) in [5.41, 5.74) is 0. The first kappa shape index (κ1) is 17.3. The van der Waals surface area contributed by atoms with Crippen LogP contribution in [0.15, 0.2) is 25.3 Å². The second-order valence-corrected chi connectivity index (χ2v) is 5.04.